The van der Waals surface area contributed by atoms with Crippen LogP contribution in [0.4, 0.5) is 0 Å². The fourth-order valence-electron chi connectivity index (χ4n) is 2.90. The van der Waals surface area contributed by atoms with Crippen molar-refractivity contribution in [1.29, 1.82) is 5.26 Å². The van der Waals surface area contributed by atoms with Crippen molar-refractivity contribution in [3.63, 3.8) is 0 Å². The number of amides is 1. The first-order chi connectivity index (χ1) is 9.27. The monoisotopic (exact) mass is 257 g/mol. The van der Waals surface area contributed by atoms with Gasteiger partial charge >= 0.3 is 0 Å². The van der Waals surface area contributed by atoms with E-state index in [1.807, 2.05) is 30.6 Å². The van der Waals surface area contributed by atoms with Gasteiger partial charge < -0.3 is 5.32 Å². The summed E-state index contributed by atoms with van der Waals surface area (Å²) in [5, 5.41) is 11.4. The van der Waals surface area contributed by atoms with E-state index in [9.17, 15) is 4.79 Å². The molecular formula is C15H19N3O. The molecule has 0 bridgehead atoms. The minimum atomic E-state index is -0.179. The lowest BCUT2D eigenvalue weighted by molar-refractivity contribution is -0.120. The fourth-order valence-corrected chi connectivity index (χ4v) is 2.90. The molecule has 1 aromatic rings. The van der Waals surface area contributed by atoms with Gasteiger partial charge in [0.1, 0.15) is 6.42 Å². The van der Waals surface area contributed by atoms with Gasteiger partial charge in [-0.25, -0.2) is 0 Å². The van der Waals surface area contributed by atoms with Crippen molar-refractivity contribution >= 4 is 5.91 Å². The summed E-state index contributed by atoms with van der Waals surface area (Å²) in [5.74, 6) is -0.179. The van der Waals surface area contributed by atoms with Gasteiger partial charge in [-0.3, -0.25) is 9.78 Å². The van der Waals surface area contributed by atoms with Gasteiger partial charge in [-0.1, -0.05) is 19.3 Å². The van der Waals surface area contributed by atoms with Gasteiger partial charge in [0.15, 0.2) is 0 Å². The van der Waals surface area contributed by atoms with Crippen molar-refractivity contribution in [2.24, 2.45) is 0 Å². The van der Waals surface area contributed by atoms with E-state index >= 15 is 0 Å². The molecule has 4 heteroatoms. The molecular weight excluding hydrogens is 238 g/mol. The summed E-state index contributed by atoms with van der Waals surface area (Å²) in [6, 6.07) is 5.97. The second-order valence-electron chi connectivity index (χ2n) is 5.19. The van der Waals surface area contributed by atoms with Crippen molar-refractivity contribution < 1.29 is 4.79 Å². The number of carbonyl (C=O) groups excluding carboxylic acids is 1. The number of carbonyl (C=O) groups is 1. The molecule has 0 saturated heterocycles. The van der Waals surface area contributed by atoms with Crippen LogP contribution in [0.2, 0.25) is 0 Å². The molecule has 0 atom stereocenters. The maximum Gasteiger partial charge on any atom is 0.234 e. The minimum absolute atomic E-state index is 0.0201. The maximum atomic E-state index is 11.5. The normalized spacial score (nSPS) is 17.4. The summed E-state index contributed by atoms with van der Waals surface area (Å²) in [4.78, 5) is 15.6. The Kier molecular flexibility index (Phi) is 4.51. The Hall–Kier alpha value is -1.89. The molecule has 1 aliphatic carbocycles. The highest BCUT2D eigenvalue weighted by molar-refractivity contribution is 5.78. The van der Waals surface area contributed by atoms with Gasteiger partial charge in [0.05, 0.1) is 6.07 Å². The molecule has 19 heavy (non-hydrogen) atoms. The topological polar surface area (TPSA) is 65.8 Å². The molecule has 0 aliphatic heterocycles. The Morgan fingerprint density at radius 1 is 1.32 bits per heavy atom. The quantitative estimate of drug-likeness (QED) is 0.900. The van der Waals surface area contributed by atoms with Crippen LogP contribution in [0.1, 0.15) is 44.1 Å². The van der Waals surface area contributed by atoms with E-state index in [0.717, 1.165) is 12.8 Å². The van der Waals surface area contributed by atoms with E-state index in [0.29, 0.717) is 6.54 Å². The molecule has 1 fully saturated rings. The molecule has 0 spiro atoms. The van der Waals surface area contributed by atoms with E-state index < -0.39 is 0 Å². The number of nitriles is 1. The van der Waals surface area contributed by atoms with Crippen molar-refractivity contribution in [3.8, 4) is 6.07 Å². The average Bonchev–Trinajstić information content (AvgIpc) is 2.47. The van der Waals surface area contributed by atoms with Crippen LogP contribution in [-0.2, 0) is 10.2 Å². The molecule has 1 heterocycles. The third kappa shape index (κ3) is 3.31. The molecule has 4 nitrogen and oxygen atoms in total. The van der Waals surface area contributed by atoms with Gasteiger partial charge in [-0.15, -0.1) is 0 Å². The smallest absolute Gasteiger partial charge is 0.234 e. The van der Waals surface area contributed by atoms with Crippen LogP contribution >= 0.6 is 0 Å². The first-order valence-electron chi connectivity index (χ1n) is 6.81. The minimum Gasteiger partial charge on any atom is -0.354 e. The second kappa shape index (κ2) is 6.33. The molecule has 1 saturated carbocycles. The van der Waals surface area contributed by atoms with Gasteiger partial charge in [0.25, 0.3) is 0 Å². The van der Waals surface area contributed by atoms with Crippen LogP contribution in [0.25, 0.3) is 0 Å². The zero-order chi connectivity index (χ0) is 13.6. The van der Waals surface area contributed by atoms with Crippen molar-refractivity contribution in [2.45, 2.75) is 43.9 Å². The Balaban J connectivity index is 2.12. The number of hydrogen-bond donors (Lipinski definition) is 1. The predicted octanol–water partition coefficient (Wildman–Crippen LogP) is 2.31. The Bertz CT molecular complexity index is 458. The molecule has 1 aliphatic rings. The summed E-state index contributed by atoms with van der Waals surface area (Å²) in [6.45, 7) is 0.623. The molecule has 0 radical (unpaired) electrons. The lowest BCUT2D eigenvalue weighted by atomic mass is 9.69. The Morgan fingerprint density at radius 3 is 2.63 bits per heavy atom. The summed E-state index contributed by atoms with van der Waals surface area (Å²) < 4.78 is 0. The van der Waals surface area contributed by atoms with Crippen molar-refractivity contribution in [2.75, 3.05) is 6.54 Å². The number of nitrogens with one attached hydrogen (secondary N) is 1. The van der Waals surface area contributed by atoms with Gasteiger partial charge in [-0.05, 0) is 30.5 Å². The number of pyridine rings is 1. The SMILES string of the molecule is N#CCC(=O)NCC1(c2ccncc2)CCCCC1. The lowest BCUT2D eigenvalue weighted by Gasteiger charge is -2.38. The fraction of sp³-hybridized carbons (Fsp3) is 0.533. The molecule has 0 aromatic carbocycles. The first-order valence-corrected chi connectivity index (χ1v) is 6.81. The van der Waals surface area contributed by atoms with Crippen LogP contribution in [-0.4, -0.2) is 17.4 Å². The molecule has 0 unspecified atom stereocenters. The van der Waals surface area contributed by atoms with Crippen LogP contribution in [0.5, 0.6) is 0 Å². The highest BCUT2D eigenvalue weighted by Crippen LogP contribution is 2.38. The van der Waals surface area contributed by atoms with E-state index in [1.54, 1.807) is 0 Å². The lowest BCUT2D eigenvalue weighted by Crippen LogP contribution is -2.42. The van der Waals surface area contributed by atoms with E-state index in [2.05, 4.69) is 10.3 Å². The summed E-state index contributed by atoms with van der Waals surface area (Å²) in [7, 11) is 0. The Morgan fingerprint density at radius 2 is 2.00 bits per heavy atom. The largest absolute Gasteiger partial charge is 0.354 e. The average molecular weight is 257 g/mol. The molecule has 1 N–H and O–H groups in total. The molecule has 100 valence electrons. The Labute approximate surface area is 113 Å². The molecule has 1 amide bonds. The highest BCUT2D eigenvalue weighted by Gasteiger charge is 2.34. The maximum absolute atomic E-state index is 11.5. The summed E-state index contributed by atoms with van der Waals surface area (Å²) in [5.41, 5.74) is 1.27. The predicted molar refractivity (Wildman–Crippen MR) is 72.2 cm³/mol. The van der Waals surface area contributed by atoms with Crippen LogP contribution in [0.3, 0.4) is 0 Å². The van der Waals surface area contributed by atoms with E-state index in [4.69, 9.17) is 5.26 Å². The number of rotatable bonds is 4. The van der Waals surface area contributed by atoms with E-state index in [-0.39, 0.29) is 17.7 Å². The standard InChI is InChI=1S/C15H19N3O/c16-9-4-14(19)18-12-15(7-2-1-3-8-15)13-5-10-17-11-6-13/h5-6,10-11H,1-4,7-8,12H2,(H,18,19). The number of nitrogens with zero attached hydrogens (tertiary/aromatic N) is 2. The summed E-state index contributed by atoms with van der Waals surface area (Å²) in [6.07, 6.45) is 9.37. The highest BCUT2D eigenvalue weighted by atomic mass is 16.1. The van der Waals surface area contributed by atoms with Crippen molar-refractivity contribution in [3.05, 3.63) is 30.1 Å². The number of aromatic nitrogens is 1. The third-order valence-corrected chi connectivity index (χ3v) is 3.97. The zero-order valence-electron chi connectivity index (χ0n) is 11.1. The molecule has 1 aromatic heterocycles. The van der Waals surface area contributed by atoms with Gasteiger partial charge in [-0.2, -0.15) is 5.26 Å². The summed E-state index contributed by atoms with van der Waals surface area (Å²) >= 11 is 0. The molecule has 2 rings (SSSR count). The van der Waals surface area contributed by atoms with Crippen LogP contribution < -0.4 is 5.32 Å². The first kappa shape index (κ1) is 13.5. The van der Waals surface area contributed by atoms with Crippen molar-refractivity contribution in [1.82, 2.24) is 10.3 Å². The zero-order valence-corrected chi connectivity index (χ0v) is 11.1. The third-order valence-electron chi connectivity index (χ3n) is 3.97. The van der Waals surface area contributed by atoms with Gasteiger partial charge in [0, 0.05) is 24.4 Å². The van der Waals surface area contributed by atoms with Gasteiger partial charge in [0.2, 0.25) is 5.91 Å². The number of hydrogen-bond acceptors (Lipinski definition) is 3. The van der Waals surface area contributed by atoms with Crippen LogP contribution in [0.15, 0.2) is 24.5 Å². The van der Waals surface area contributed by atoms with Crippen LogP contribution in [0, 0.1) is 11.3 Å². The van der Waals surface area contributed by atoms with E-state index in [1.165, 1.54) is 24.8 Å². The second-order valence-corrected chi connectivity index (χ2v) is 5.19.